The van der Waals surface area contributed by atoms with Crippen LogP contribution in [-0.2, 0) is 16.0 Å². The van der Waals surface area contributed by atoms with Gasteiger partial charge in [-0.15, -0.1) is 0 Å². The summed E-state index contributed by atoms with van der Waals surface area (Å²) in [6.45, 7) is 5.00. The number of nitrogens with zero attached hydrogens (tertiary/aromatic N) is 1. The number of carboxylic acids is 1. The highest BCUT2D eigenvalue weighted by Gasteiger charge is 2.24. The number of carbonyl (C=O) groups excluding carboxylic acids is 1. The molecule has 0 saturated heterocycles. The molecule has 0 unspecified atom stereocenters. The molecule has 2 aliphatic carbocycles. The fraction of sp³-hybridized carbons (Fsp3) is 0.692. The SMILES string of the molecule is C1CCC(NC2CCCCC2)CC1.CC(C)(C)OC(=O)N[C@@H](Cc1ccc([N+](=O)[O-])cc1)C(=O)O. The maximum atomic E-state index is 11.6. The van der Waals surface area contributed by atoms with Gasteiger partial charge in [0.05, 0.1) is 4.92 Å². The third-order valence-corrected chi connectivity index (χ3v) is 6.26. The van der Waals surface area contributed by atoms with Crippen molar-refractivity contribution in [2.45, 2.75) is 115 Å². The molecule has 1 aromatic rings. The van der Waals surface area contributed by atoms with Gasteiger partial charge in [-0.05, 0) is 52.0 Å². The Kier molecular flexibility index (Phi) is 11.4. The van der Waals surface area contributed by atoms with E-state index in [9.17, 15) is 19.7 Å². The monoisotopic (exact) mass is 491 g/mol. The van der Waals surface area contributed by atoms with E-state index in [4.69, 9.17) is 9.84 Å². The zero-order valence-electron chi connectivity index (χ0n) is 21.3. The number of rotatable bonds is 7. The van der Waals surface area contributed by atoms with Crippen LogP contribution >= 0.6 is 0 Å². The van der Waals surface area contributed by atoms with Gasteiger partial charge in [-0.3, -0.25) is 10.1 Å². The second kappa shape index (κ2) is 14.0. The number of ether oxygens (including phenoxy) is 1. The molecule has 196 valence electrons. The number of hydrogen-bond acceptors (Lipinski definition) is 6. The lowest BCUT2D eigenvalue weighted by Crippen LogP contribution is -2.44. The highest BCUT2D eigenvalue weighted by atomic mass is 16.6. The third kappa shape index (κ3) is 11.5. The third-order valence-electron chi connectivity index (χ3n) is 6.26. The number of nitrogens with one attached hydrogen (secondary N) is 2. The number of aliphatic carboxylic acids is 1. The Morgan fingerprint density at radius 1 is 1.00 bits per heavy atom. The number of carbonyl (C=O) groups is 2. The van der Waals surface area contributed by atoms with Crippen molar-refractivity contribution in [2.24, 2.45) is 0 Å². The normalized spacial score (nSPS) is 18.0. The molecule has 3 rings (SSSR count). The van der Waals surface area contributed by atoms with Crippen molar-refractivity contribution < 1.29 is 24.4 Å². The number of nitro benzene ring substituents is 1. The Bertz CT molecular complexity index is 793. The number of nitro groups is 1. The van der Waals surface area contributed by atoms with Gasteiger partial charge in [0.2, 0.25) is 0 Å². The predicted molar refractivity (Wildman–Crippen MR) is 134 cm³/mol. The van der Waals surface area contributed by atoms with E-state index in [1.165, 1.54) is 88.5 Å². The lowest BCUT2D eigenvalue weighted by Gasteiger charge is -2.30. The summed E-state index contributed by atoms with van der Waals surface area (Å²) in [6.07, 6.45) is 13.7. The fourth-order valence-electron chi connectivity index (χ4n) is 4.51. The smallest absolute Gasteiger partial charge is 0.408 e. The van der Waals surface area contributed by atoms with Gasteiger partial charge in [0, 0.05) is 30.6 Å². The van der Waals surface area contributed by atoms with Crippen molar-refractivity contribution in [3.63, 3.8) is 0 Å². The summed E-state index contributed by atoms with van der Waals surface area (Å²) in [5.41, 5.74) is -0.273. The molecule has 2 aliphatic rings. The van der Waals surface area contributed by atoms with Gasteiger partial charge >= 0.3 is 12.1 Å². The summed E-state index contributed by atoms with van der Waals surface area (Å²) < 4.78 is 5.00. The van der Waals surface area contributed by atoms with Gasteiger partial charge in [-0.2, -0.15) is 0 Å². The molecule has 1 atom stereocenters. The van der Waals surface area contributed by atoms with Crippen LogP contribution in [0, 0.1) is 10.1 Å². The van der Waals surface area contributed by atoms with Crippen molar-refractivity contribution in [1.29, 1.82) is 0 Å². The zero-order valence-corrected chi connectivity index (χ0v) is 21.3. The molecular formula is C26H41N3O6. The van der Waals surface area contributed by atoms with Crippen LogP contribution in [0.4, 0.5) is 10.5 Å². The second-order valence-corrected chi connectivity index (χ2v) is 10.5. The maximum Gasteiger partial charge on any atom is 0.408 e. The molecule has 0 spiro atoms. The number of amides is 1. The summed E-state index contributed by atoms with van der Waals surface area (Å²) in [6, 6.07) is 6.02. The quantitative estimate of drug-likeness (QED) is 0.346. The molecule has 35 heavy (non-hydrogen) atoms. The van der Waals surface area contributed by atoms with Gasteiger partial charge in [0.15, 0.2) is 0 Å². The van der Waals surface area contributed by atoms with Gasteiger partial charge in [0.1, 0.15) is 11.6 Å². The molecule has 0 aliphatic heterocycles. The van der Waals surface area contributed by atoms with Crippen LogP contribution < -0.4 is 10.6 Å². The van der Waals surface area contributed by atoms with E-state index in [0.29, 0.717) is 5.56 Å². The molecule has 2 fully saturated rings. The van der Waals surface area contributed by atoms with Crippen LogP contribution in [-0.4, -0.2) is 45.8 Å². The molecule has 0 heterocycles. The first kappa shape index (κ1) is 28.6. The Balaban J connectivity index is 0.000000279. The van der Waals surface area contributed by atoms with E-state index in [1.54, 1.807) is 20.8 Å². The van der Waals surface area contributed by atoms with E-state index in [-0.39, 0.29) is 12.1 Å². The largest absolute Gasteiger partial charge is 0.480 e. The molecule has 2 saturated carbocycles. The Morgan fingerprint density at radius 2 is 1.49 bits per heavy atom. The summed E-state index contributed by atoms with van der Waals surface area (Å²) in [5.74, 6) is -1.22. The molecule has 1 amide bonds. The predicted octanol–water partition coefficient (Wildman–Crippen LogP) is 5.36. The number of carboxylic acid groups (broad SMARTS) is 1. The highest BCUT2D eigenvalue weighted by molar-refractivity contribution is 5.80. The molecular weight excluding hydrogens is 450 g/mol. The first-order chi connectivity index (χ1) is 16.5. The topological polar surface area (TPSA) is 131 Å². The first-order valence-corrected chi connectivity index (χ1v) is 12.7. The van der Waals surface area contributed by atoms with Crippen molar-refractivity contribution in [3.05, 3.63) is 39.9 Å². The standard InChI is InChI=1S/C14H18N2O6.C12H23N/c1-14(2,3)22-13(19)15-11(12(17)18)8-9-4-6-10(7-5-9)16(20)21;1-3-7-11(8-4-1)13-12-9-5-2-6-10-12/h4-7,11H,8H2,1-3H3,(H,15,19)(H,17,18);11-13H,1-10H2/t11-;/m0./s1. The molecule has 0 radical (unpaired) electrons. The number of non-ortho nitro benzene ring substituents is 1. The zero-order chi connectivity index (χ0) is 25.8. The van der Waals surface area contributed by atoms with Crippen molar-refractivity contribution in [3.8, 4) is 0 Å². The lowest BCUT2D eigenvalue weighted by molar-refractivity contribution is -0.384. The average Bonchev–Trinajstić information content (AvgIpc) is 2.79. The summed E-state index contributed by atoms with van der Waals surface area (Å²) >= 11 is 0. The van der Waals surface area contributed by atoms with Crippen LogP contribution in [0.2, 0.25) is 0 Å². The lowest BCUT2D eigenvalue weighted by atomic mass is 9.91. The molecule has 0 bridgehead atoms. The Hall–Kier alpha value is -2.68. The van der Waals surface area contributed by atoms with Gasteiger partial charge in [0.25, 0.3) is 5.69 Å². The first-order valence-electron chi connectivity index (χ1n) is 12.7. The number of hydrogen-bond donors (Lipinski definition) is 3. The van der Waals surface area contributed by atoms with E-state index < -0.39 is 28.6 Å². The van der Waals surface area contributed by atoms with Crippen LogP contribution in [0.15, 0.2) is 24.3 Å². The number of benzene rings is 1. The Labute approximate surface area is 208 Å². The minimum absolute atomic E-state index is 0.00737. The van der Waals surface area contributed by atoms with Gasteiger partial charge < -0.3 is 20.5 Å². The van der Waals surface area contributed by atoms with Crippen molar-refractivity contribution in [2.75, 3.05) is 0 Å². The molecule has 3 N–H and O–H groups in total. The highest BCUT2D eigenvalue weighted by Crippen LogP contribution is 2.22. The van der Waals surface area contributed by atoms with Crippen LogP contribution in [0.3, 0.4) is 0 Å². The van der Waals surface area contributed by atoms with E-state index in [1.807, 2.05) is 0 Å². The Morgan fingerprint density at radius 3 is 1.89 bits per heavy atom. The molecule has 1 aromatic carbocycles. The summed E-state index contributed by atoms with van der Waals surface area (Å²) in [5, 5.41) is 25.8. The fourth-order valence-corrected chi connectivity index (χ4v) is 4.51. The van der Waals surface area contributed by atoms with Crippen LogP contribution in [0.5, 0.6) is 0 Å². The van der Waals surface area contributed by atoms with Crippen molar-refractivity contribution >= 4 is 17.7 Å². The van der Waals surface area contributed by atoms with E-state index >= 15 is 0 Å². The molecule has 9 nitrogen and oxygen atoms in total. The van der Waals surface area contributed by atoms with E-state index in [2.05, 4.69) is 10.6 Å². The van der Waals surface area contributed by atoms with E-state index in [0.717, 1.165) is 12.1 Å². The number of alkyl carbamates (subject to hydrolysis) is 1. The molecule has 9 heteroatoms. The summed E-state index contributed by atoms with van der Waals surface area (Å²) in [4.78, 5) is 32.8. The van der Waals surface area contributed by atoms with Gasteiger partial charge in [-0.25, -0.2) is 9.59 Å². The molecule has 0 aromatic heterocycles. The van der Waals surface area contributed by atoms with Crippen LogP contribution in [0.25, 0.3) is 0 Å². The second-order valence-electron chi connectivity index (χ2n) is 10.5. The minimum atomic E-state index is -1.22. The van der Waals surface area contributed by atoms with Crippen LogP contribution in [0.1, 0.15) is 90.5 Å². The van der Waals surface area contributed by atoms with Crippen molar-refractivity contribution in [1.82, 2.24) is 10.6 Å². The minimum Gasteiger partial charge on any atom is -0.480 e. The summed E-state index contributed by atoms with van der Waals surface area (Å²) in [7, 11) is 0. The van der Waals surface area contributed by atoms with Gasteiger partial charge in [-0.1, -0.05) is 50.7 Å². The average molecular weight is 492 g/mol. The maximum absolute atomic E-state index is 11.6.